The van der Waals surface area contributed by atoms with Crippen molar-refractivity contribution in [2.75, 3.05) is 13.1 Å². The van der Waals surface area contributed by atoms with E-state index in [0.717, 1.165) is 13.1 Å². The summed E-state index contributed by atoms with van der Waals surface area (Å²) in [5.74, 6) is -0.113. The molecule has 1 aliphatic heterocycles. The second-order valence-corrected chi connectivity index (χ2v) is 8.39. The van der Waals surface area contributed by atoms with Gasteiger partial charge in [0.25, 0.3) is 5.69 Å². The predicted molar refractivity (Wildman–Crippen MR) is 120 cm³/mol. The zero-order chi connectivity index (χ0) is 21.8. The van der Waals surface area contributed by atoms with Gasteiger partial charge in [-0.3, -0.25) is 19.8 Å². The molecule has 0 bridgehead atoms. The van der Waals surface area contributed by atoms with Gasteiger partial charge in [-0.05, 0) is 49.2 Å². The van der Waals surface area contributed by atoms with Gasteiger partial charge in [-0.25, -0.2) is 0 Å². The van der Waals surface area contributed by atoms with Crippen LogP contribution in [0.4, 0.5) is 5.69 Å². The van der Waals surface area contributed by atoms with E-state index in [9.17, 15) is 14.9 Å². The Kier molecular flexibility index (Phi) is 7.13. The van der Waals surface area contributed by atoms with Crippen LogP contribution < -0.4 is 0 Å². The molecule has 0 radical (unpaired) electrons. The first kappa shape index (κ1) is 22.3. The molecule has 1 saturated heterocycles. The summed E-state index contributed by atoms with van der Waals surface area (Å²) >= 11 is 11.8. The molecular weight excluding hydrogens is 425 g/mol. The van der Waals surface area contributed by atoms with Crippen molar-refractivity contribution in [3.63, 3.8) is 0 Å². The van der Waals surface area contributed by atoms with E-state index >= 15 is 0 Å². The Labute approximate surface area is 185 Å². The zero-order valence-electron chi connectivity index (χ0n) is 16.8. The number of benzene rings is 2. The molecule has 0 aliphatic carbocycles. The second kappa shape index (κ2) is 9.60. The predicted octanol–water partition coefficient (Wildman–Crippen LogP) is 5.04. The van der Waals surface area contributed by atoms with Gasteiger partial charge in [-0.2, -0.15) is 0 Å². The summed E-state index contributed by atoms with van der Waals surface area (Å²) in [4.78, 5) is 27.4. The van der Waals surface area contributed by atoms with Crippen LogP contribution in [0.15, 0.2) is 48.5 Å². The lowest BCUT2D eigenvalue weighted by Gasteiger charge is -2.44. The molecule has 0 unspecified atom stereocenters. The fourth-order valence-electron chi connectivity index (χ4n) is 3.59. The van der Waals surface area contributed by atoms with Crippen LogP contribution in [0.3, 0.4) is 0 Å². The molecular formula is C22H23Cl2N3O3. The van der Waals surface area contributed by atoms with Crippen LogP contribution in [0.25, 0.3) is 6.08 Å². The van der Waals surface area contributed by atoms with Gasteiger partial charge in [0.15, 0.2) is 0 Å². The molecule has 1 fully saturated rings. The van der Waals surface area contributed by atoms with Crippen LogP contribution in [0.2, 0.25) is 10.0 Å². The monoisotopic (exact) mass is 447 g/mol. The molecule has 30 heavy (non-hydrogen) atoms. The molecule has 2 atom stereocenters. The molecule has 0 saturated carbocycles. The highest BCUT2D eigenvalue weighted by atomic mass is 35.5. The summed E-state index contributed by atoms with van der Waals surface area (Å²) < 4.78 is 0. The van der Waals surface area contributed by atoms with Crippen LogP contribution in [-0.2, 0) is 11.3 Å². The largest absolute Gasteiger partial charge is 0.334 e. The lowest BCUT2D eigenvalue weighted by Crippen LogP contribution is -2.57. The first-order chi connectivity index (χ1) is 14.2. The van der Waals surface area contributed by atoms with Gasteiger partial charge in [0.05, 0.1) is 4.92 Å². The SMILES string of the molecule is C[C@@H]1CN(Cc2ccc(Cl)cc2)[C@@H](C)CN1C(=O)/C=C/c1ccc(Cl)c([N+](=O)[O-])c1. The van der Waals surface area contributed by atoms with Crippen molar-refractivity contribution in [3.05, 3.63) is 79.8 Å². The molecule has 158 valence electrons. The van der Waals surface area contributed by atoms with Gasteiger partial charge in [-0.15, -0.1) is 0 Å². The van der Waals surface area contributed by atoms with E-state index in [-0.39, 0.29) is 28.7 Å². The molecule has 2 aromatic rings. The fraction of sp³-hybridized carbons (Fsp3) is 0.318. The summed E-state index contributed by atoms with van der Waals surface area (Å²) in [7, 11) is 0. The van der Waals surface area contributed by atoms with Crippen LogP contribution in [0.1, 0.15) is 25.0 Å². The van der Waals surface area contributed by atoms with Crippen molar-refractivity contribution in [1.82, 2.24) is 9.80 Å². The highest BCUT2D eigenvalue weighted by molar-refractivity contribution is 6.32. The standard InChI is InChI=1S/C22H23Cl2N3O3/c1-15-13-26(16(2)12-25(15)14-18-3-7-19(23)8-4-18)22(28)10-6-17-5-9-20(24)21(11-17)27(29)30/h3-11,15-16H,12-14H2,1-2H3/b10-6+/t15-,16+/m0/s1. The van der Waals surface area contributed by atoms with E-state index in [1.807, 2.05) is 36.1 Å². The lowest BCUT2D eigenvalue weighted by atomic mass is 10.1. The number of halogens is 2. The molecule has 2 aromatic carbocycles. The maximum atomic E-state index is 12.8. The molecule has 0 spiro atoms. The van der Waals surface area contributed by atoms with Crippen molar-refractivity contribution in [2.24, 2.45) is 0 Å². The molecule has 6 nitrogen and oxygen atoms in total. The molecule has 1 aliphatic rings. The Balaban J connectivity index is 1.65. The average Bonchev–Trinajstić information content (AvgIpc) is 2.71. The maximum Gasteiger partial charge on any atom is 0.288 e. The van der Waals surface area contributed by atoms with Gasteiger partial charge in [0.2, 0.25) is 5.91 Å². The summed E-state index contributed by atoms with van der Waals surface area (Å²) in [5, 5.41) is 11.8. The fourth-order valence-corrected chi connectivity index (χ4v) is 3.90. The van der Waals surface area contributed by atoms with E-state index in [0.29, 0.717) is 17.1 Å². The van der Waals surface area contributed by atoms with Crippen molar-refractivity contribution >= 4 is 40.9 Å². The highest BCUT2D eigenvalue weighted by Crippen LogP contribution is 2.26. The minimum absolute atomic E-state index is 0.0465. The molecule has 8 heteroatoms. The Morgan fingerprint density at radius 3 is 2.50 bits per heavy atom. The minimum atomic E-state index is -0.537. The molecule has 0 aromatic heterocycles. The molecule has 0 N–H and O–H groups in total. The third-order valence-electron chi connectivity index (χ3n) is 5.28. The topological polar surface area (TPSA) is 66.7 Å². The molecule has 1 heterocycles. The molecule has 1 amide bonds. The highest BCUT2D eigenvalue weighted by Gasteiger charge is 2.31. The van der Waals surface area contributed by atoms with Gasteiger partial charge in [0, 0.05) is 48.9 Å². The number of piperazine rings is 1. The maximum absolute atomic E-state index is 12.8. The lowest BCUT2D eigenvalue weighted by molar-refractivity contribution is -0.384. The van der Waals surface area contributed by atoms with Gasteiger partial charge >= 0.3 is 0 Å². The van der Waals surface area contributed by atoms with Crippen molar-refractivity contribution < 1.29 is 9.72 Å². The van der Waals surface area contributed by atoms with E-state index in [2.05, 4.69) is 11.8 Å². The second-order valence-electron chi connectivity index (χ2n) is 7.55. The number of rotatable bonds is 5. The van der Waals surface area contributed by atoms with Gasteiger partial charge in [-0.1, -0.05) is 41.4 Å². The van der Waals surface area contributed by atoms with Crippen LogP contribution in [0.5, 0.6) is 0 Å². The summed E-state index contributed by atoms with van der Waals surface area (Å²) in [6.45, 7) is 6.30. The number of carbonyl (C=O) groups is 1. The van der Waals surface area contributed by atoms with Crippen LogP contribution in [-0.4, -0.2) is 45.8 Å². The minimum Gasteiger partial charge on any atom is -0.334 e. The first-order valence-corrected chi connectivity index (χ1v) is 10.4. The van der Waals surface area contributed by atoms with Crippen LogP contribution >= 0.6 is 23.2 Å². The summed E-state index contributed by atoms with van der Waals surface area (Å²) in [6.07, 6.45) is 3.05. The number of nitrogens with zero attached hydrogens (tertiary/aromatic N) is 3. The number of carbonyl (C=O) groups excluding carboxylic acids is 1. The Morgan fingerprint density at radius 1 is 1.13 bits per heavy atom. The van der Waals surface area contributed by atoms with Crippen molar-refractivity contribution in [3.8, 4) is 0 Å². The summed E-state index contributed by atoms with van der Waals surface area (Å²) in [5.41, 5.74) is 1.56. The number of nitro benzene ring substituents is 1. The number of hydrogen-bond donors (Lipinski definition) is 0. The van der Waals surface area contributed by atoms with E-state index in [1.54, 1.807) is 12.1 Å². The smallest absolute Gasteiger partial charge is 0.288 e. The van der Waals surface area contributed by atoms with Crippen molar-refractivity contribution in [2.45, 2.75) is 32.5 Å². The van der Waals surface area contributed by atoms with Gasteiger partial charge in [0.1, 0.15) is 5.02 Å². The molecule has 3 rings (SSSR count). The average molecular weight is 448 g/mol. The quantitative estimate of drug-likeness (QED) is 0.365. The van der Waals surface area contributed by atoms with E-state index in [4.69, 9.17) is 23.2 Å². The Morgan fingerprint density at radius 2 is 1.83 bits per heavy atom. The van der Waals surface area contributed by atoms with E-state index in [1.165, 1.54) is 23.8 Å². The van der Waals surface area contributed by atoms with Crippen molar-refractivity contribution in [1.29, 1.82) is 0 Å². The first-order valence-electron chi connectivity index (χ1n) is 9.65. The van der Waals surface area contributed by atoms with E-state index < -0.39 is 4.92 Å². The third-order valence-corrected chi connectivity index (χ3v) is 5.85. The normalized spacial score (nSPS) is 19.9. The van der Waals surface area contributed by atoms with Crippen LogP contribution in [0, 0.1) is 10.1 Å². The van der Waals surface area contributed by atoms with Gasteiger partial charge < -0.3 is 4.90 Å². The summed E-state index contributed by atoms with van der Waals surface area (Å²) in [6, 6.07) is 12.5. The third kappa shape index (κ3) is 5.39. The Bertz CT molecular complexity index is 963. The Hall–Kier alpha value is -2.41. The zero-order valence-corrected chi connectivity index (χ0v) is 18.3. The number of amides is 1. The number of hydrogen-bond acceptors (Lipinski definition) is 4. The number of nitro groups is 1.